The molecule has 0 aliphatic carbocycles. The third kappa shape index (κ3) is 4.38. The van der Waals surface area contributed by atoms with Gasteiger partial charge in [-0.25, -0.2) is 4.79 Å². The number of rotatable bonds is 7. The monoisotopic (exact) mass is 274 g/mol. The van der Waals surface area contributed by atoms with Gasteiger partial charge in [-0.1, -0.05) is 0 Å². The lowest BCUT2D eigenvalue weighted by Crippen LogP contribution is -2.59. The maximum Gasteiger partial charge on any atom is 0.317 e. The van der Waals surface area contributed by atoms with E-state index >= 15 is 0 Å². The molecule has 0 spiro atoms. The SMILES string of the molecule is CCN(CCOC)C(=O)NC(C)(C)C(C)(C)C(=O)O. The van der Waals surface area contributed by atoms with Gasteiger partial charge in [-0.2, -0.15) is 0 Å². The second-order valence-electron chi connectivity index (χ2n) is 5.56. The lowest BCUT2D eigenvalue weighted by Gasteiger charge is -2.40. The summed E-state index contributed by atoms with van der Waals surface area (Å²) in [5, 5.41) is 12.0. The van der Waals surface area contributed by atoms with Gasteiger partial charge in [-0.05, 0) is 34.6 Å². The fourth-order valence-electron chi connectivity index (χ4n) is 1.37. The number of carboxylic acids is 1. The summed E-state index contributed by atoms with van der Waals surface area (Å²) < 4.78 is 4.94. The molecule has 112 valence electrons. The van der Waals surface area contributed by atoms with Gasteiger partial charge >= 0.3 is 12.0 Å². The number of carbonyl (C=O) groups excluding carboxylic acids is 1. The van der Waals surface area contributed by atoms with Crippen LogP contribution in [0.2, 0.25) is 0 Å². The summed E-state index contributed by atoms with van der Waals surface area (Å²) in [7, 11) is 1.57. The summed E-state index contributed by atoms with van der Waals surface area (Å²) in [4.78, 5) is 25.0. The first-order valence-corrected chi connectivity index (χ1v) is 6.39. The zero-order valence-corrected chi connectivity index (χ0v) is 12.7. The Morgan fingerprint density at radius 1 is 1.26 bits per heavy atom. The van der Waals surface area contributed by atoms with Crippen molar-refractivity contribution in [3.63, 3.8) is 0 Å². The molecule has 0 saturated carbocycles. The molecule has 0 aliphatic rings. The molecule has 0 fully saturated rings. The van der Waals surface area contributed by atoms with E-state index in [-0.39, 0.29) is 6.03 Å². The van der Waals surface area contributed by atoms with Crippen LogP contribution >= 0.6 is 0 Å². The topological polar surface area (TPSA) is 78.9 Å². The number of methoxy groups -OCH3 is 1. The molecule has 6 heteroatoms. The highest BCUT2D eigenvalue weighted by atomic mass is 16.5. The van der Waals surface area contributed by atoms with Gasteiger partial charge < -0.3 is 20.1 Å². The first-order chi connectivity index (χ1) is 8.60. The Hall–Kier alpha value is -1.30. The molecule has 2 N–H and O–H groups in total. The highest BCUT2D eigenvalue weighted by molar-refractivity contribution is 5.79. The minimum Gasteiger partial charge on any atom is -0.481 e. The number of carbonyl (C=O) groups is 2. The standard InChI is InChI=1S/C13H26N2O4/c1-7-15(8-9-19-6)11(18)14-13(4,5)12(2,3)10(16)17/h7-9H2,1-6H3,(H,14,18)(H,16,17). The van der Waals surface area contributed by atoms with Crippen molar-refractivity contribution < 1.29 is 19.4 Å². The maximum absolute atomic E-state index is 12.1. The van der Waals surface area contributed by atoms with Crippen LogP contribution < -0.4 is 5.32 Å². The van der Waals surface area contributed by atoms with Crippen LogP contribution in [0.1, 0.15) is 34.6 Å². The fraction of sp³-hybridized carbons (Fsp3) is 0.846. The summed E-state index contributed by atoms with van der Waals surface area (Å²) >= 11 is 0. The molecular weight excluding hydrogens is 248 g/mol. The van der Waals surface area contributed by atoms with Crippen molar-refractivity contribution in [2.75, 3.05) is 26.8 Å². The quantitative estimate of drug-likeness (QED) is 0.738. The number of likely N-dealkylation sites (N-methyl/N-ethyl adjacent to an activating group) is 1. The summed E-state index contributed by atoms with van der Waals surface area (Å²) in [6.07, 6.45) is 0. The van der Waals surface area contributed by atoms with Crippen molar-refractivity contribution in [2.45, 2.75) is 40.2 Å². The second kappa shape index (κ2) is 6.75. The number of hydrogen-bond donors (Lipinski definition) is 2. The van der Waals surface area contributed by atoms with Crippen molar-refractivity contribution in [1.82, 2.24) is 10.2 Å². The zero-order chi connectivity index (χ0) is 15.3. The molecule has 0 rings (SSSR count). The van der Waals surface area contributed by atoms with E-state index in [1.54, 1.807) is 39.7 Å². The largest absolute Gasteiger partial charge is 0.481 e. The van der Waals surface area contributed by atoms with Gasteiger partial charge in [0.05, 0.1) is 17.6 Å². The van der Waals surface area contributed by atoms with E-state index in [1.165, 1.54) is 0 Å². The van der Waals surface area contributed by atoms with Crippen LogP contribution in [-0.4, -0.2) is 54.4 Å². The predicted octanol–water partition coefficient (Wildman–Crippen LogP) is 1.55. The highest BCUT2D eigenvalue weighted by Crippen LogP contribution is 2.30. The minimum atomic E-state index is -1.07. The molecule has 0 aliphatic heterocycles. The molecule has 0 aromatic heterocycles. The van der Waals surface area contributed by atoms with Gasteiger partial charge in [0.2, 0.25) is 0 Å². The van der Waals surface area contributed by atoms with Crippen LogP contribution in [0, 0.1) is 5.41 Å². The third-order valence-corrected chi connectivity index (χ3v) is 3.75. The van der Waals surface area contributed by atoms with Crippen LogP contribution in [0.5, 0.6) is 0 Å². The summed E-state index contributed by atoms with van der Waals surface area (Å²) in [5.74, 6) is -0.947. The fourth-order valence-corrected chi connectivity index (χ4v) is 1.37. The van der Waals surface area contributed by atoms with Crippen LogP contribution in [-0.2, 0) is 9.53 Å². The Labute approximate surface area is 115 Å². The number of carboxylic acid groups (broad SMARTS) is 1. The molecule has 0 unspecified atom stereocenters. The third-order valence-electron chi connectivity index (χ3n) is 3.75. The van der Waals surface area contributed by atoms with Gasteiger partial charge in [0.25, 0.3) is 0 Å². The van der Waals surface area contributed by atoms with Gasteiger partial charge in [0, 0.05) is 20.2 Å². The van der Waals surface area contributed by atoms with E-state index in [0.717, 1.165) is 0 Å². The Kier molecular flexibility index (Phi) is 6.29. The number of nitrogens with zero attached hydrogens (tertiary/aromatic N) is 1. The number of aliphatic carboxylic acids is 1. The van der Waals surface area contributed by atoms with Gasteiger partial charge in [-0.15, -0.1) is 0 Å². The molecular formula is C13H26N2O4. The van der Waals surface area contributed by atoms with Crippen LogP contribution in [0.25, 0.3) is 0 Å². The van der Waals surface area contributed by atoms with E-state index in [1.807, 2.05) is 6.92 Å². The summed E-state index contributed by atoms with van der Waals surface area (Å²) in [5.41, 5.74) is -1.93. The second-order valence-corrected chi connectivity index (χ2v) is 5.56. The number of hydrogen-bond acceptors (Lipinski definition) is 3. The van der Waals surface area contributed by atoms with Crippen molar-refractivity contribution in [2.24, 2.45) is 5.41 Å². The Bertz CT molecular complexity index is 327. The molecule has 0 radical (unpaired) electrons. The van der Waals surface area contributed by atoms with Gasteiger partial charge in [-0.3, -0.25) is 4.79 Å². The van der Waals surface area contributed by atoms with E-state index in [9.17, 15) is 14.7 Å². The average molecular weight is 274 g/mol. The molecule has 2 amide bonds. The van der Waals surface area contributed by atoms with Crippen molar-refractivity contribution in [1.29, 1.82) is 0 Å². The first-order valence-electron chi connectivity index (χ1n) is 6.39. The number of amides is 2. The molecule has 0 aromatic carbocycles. The molecule has 0 aromatic rings. The maximum atomic E-state index is 12.1. The van der Waals surface area contributed by atoms with Crippen molar-refractivity contribution in [3.8, 4) is 0 Å². The first kappa shape index (κ1) is 17.7. The zero-order valence-electron chi connectivity index (χ0n) is 12.7. The van der Waals surface area contributed by atoms with Crippen LogP contribution in [0.3, 0.4) is 0 Å². The average Bonchev–Trinajstić information content (AvgIpc) is 2.28. The smallest absolute Gasteiger partial charge is 0.317 e. The Balaban J connectivity index is 4.81. The van der Waals surface area contributed by atoms with Crippen molar-refractivity contribution >= 4 is 12.0 Å². The van der Waals surface area contributed by atoms with Crippen LogP contribution in [0.15, 0.2) is 0 Å². The lowest BCUT2D eigenvalue weighted by molar-refractivity contribution is -0.150. The number of nitrogens with one attached hydrogen (secondary N) is 1. The molecule has 19 heavy (non-hydrogen) atoms. The highest BCUT2D eigenvalue weighted by Gasteiger charge is 2.44. The van der Waals surface area contributed by atoms with E-state index < -0.39 is 16.9 Å². The number of urea groups is 1. The molecule has 0 bridgehead atoms. The predicted molar refractivity (Wildman–Crippen MR) is 73.2 cm³/mol. The summed E-state index contributed by atoms with van der Waals surface area (Å²) in [6, 6.07) is -0.279. The van der Waals surface area contributed by atoms with Crippen molar-refractivity contribution in [3.05, 3.63) is 0 Å². The molecule has 0 saturated heterocycles. The molecule has 0 heterocycles. The van der Waals surface area contributed by atoms with E-state index in [4.69, 9.17) is 4.74 Å². The van der Waals surface area contributed by atoms with E-state index in [2.05, 4.69) is 5.32 Å². The Morgan fingerprint density at radius 3 is 2.16 bits per heavy atom. The summed E-state index contributed by atoms with van der Waals surface area (Å²) in [6.45, 7) is 9.95. The Morgan fingerprint density at radius 2 is 1.79 bits per heavy atom. The van der Waals surface area contributed by atoms with E-state index in [0.29, 0.717) is 19.7 Å². The molecule has 0 atom stereocenters. The van der Waals surface area contributed by atoms with Gasteiger partial charge in [0.1, 0.15) is 0 Å². The minimum absolute atomic E-state index is 0.279. The van der Waals surface area contributed by atoms with Crippen LogP contribution in [0.4, 0.5) is 4.79 Å². The van der Waals surface area contributed by atoms with Gasteiger partial charge in [0.15, 0.2) is 0 Å². The normalized spacial score (nSPS) is 12.1. The molecule has 6 nitrogen and oxygen atoms in total. The number of ether oxygens (including phenoxy) is 1. The lowest BCUT2D eigenvalue weighted by atomic mass is 9.74.